The van der Waals surface area contributed by atoms with Crippen molar-refractivity contribution in [3.63, 3.8) is 0 Å². The van der Waals surface area contributed by atoms with Gasteiger partial charge in [0, 0.05) is 30.7 Å². The highest BCUT2D eigenvalue weighted by Gasteiger charge is 2.11. The van der Waals surface area contributed by atoms with Gasteiger partial charge >= 0.3 is 12.6 Å². The predicted octanol–water partition coefficient (Wildman–Crippen LogP) is 3.14. The molecule has 1 aromatic carbocycles. The Morgan fingerprint density at radius 3 is 2.77 bits per heavy atom. The second kappa shape index (κ2) is 7.30. The fourth-order valence-corrected chi connectivity index (χ4v) is 1.63. The van der Waals surface area contributed by atoms with Gasteiger partial charge in [-0.25, -0.2) is 9.18 Å². The molecule has 2 aromatic rings. The fourth-order valence-electron chi connectivity index (χ4n) is 1.63. The highest BCUT2D eigenvalue weighted by atomic mass is 19.3. The first-order chi connectivity index (χ1) is 10.5. The molecule has 1 aromatic heterocycles. The lowest BCUT2D eigenvalue weighted by Gasteiger charge is -2.10. The number of hydrogen-bond acceptors (Lipinski definition) is 3. The van der Waals surface area contributed by atoms with Crippen molar-refractivity contribution in [1.82, 2.24) is 10.3 Å². The van der Waals surface area contributed by atoms with Crippen LogP contribution in [0.3, 0.4) is 0 Å². The molecule has 0 bridgehead atoms. The van der Waals surface area contributed by atoms with Crippen LogP contribution in [-0.2, 0) is 6.54 Å². The Morgan fingerprint density at radius 1 is 1.32 bits per heavy atom. The first-order valence-corrected chi connectivity index (χ1v) is 6.22. The monoisotopic (exact) mass is 311 g/mol. The third-order valence-electron chi connectivity index (χ3n) is 2.58. The number of carbonyl (C=O) groups is 1. The average molecular weight is 311 g/mol. The topological polar surface area (TPSA) is 63.2 Å². The smallest absolute Gasteiger partial charge is 0.387 e. The molecule has 1 heterocycles. The second-order valence-corrected chi connectivity index (χ2v) is 4.19. The zero-order valence-corrected chi connectivity index (χ0v) is 11.2. The van der Waals surface area contributed by atoms with Gasteiger partial charge in [-0.1, -0.05) is 6.07 Å². The Kier molecular flexibility index (Phi) is 5.18. The van der Waals surface area contributed by atoms with Crippen LogP contribution < -0.4 is 15.4 Å². The molecule has 0 aliphatic carbocycles. The van der Waals surface area contributed by atoms with E-state index in [-0.39, 0.29) is 12.2 Å². The van der Waals surface area contributed by atoms with Crippen molar-refractivity contribution in [3.05, 3.63) is 54.1 Å². The predicted molar refractivity (Wildman–Crippen MR) is 73.1 cm³/mol. The first-order valence-electron chi connectivity index (χ1n) is 6.22. The maximum atomic E-state index is 13.5. The number of benzene rings is 1. The average Bonchev–Trinajstić information content (AvgIpc) is 2.49. The minimum absolute atomic E-state index is 0.114. The molecule has 0 fully saturated rings. The number of urea groups is 1. The lowest BCUT2D eigenvalue weighted by molar-refractivity contribution is -0.0521. The molecule has 0 unspecified atom stereocenters. The zero-order valence-electron chi connectivity index (χ0n) is 11.2. The summed E-state index contributed by atoms with van der Waals surface area (Å²) in [5, 5.41) is 4.93. The van der Waals surface area contributed by atoms with Crippen LogP contribution in [0.25, 0.3) is 0 Å². The van der Waals surface area contributed by atoms with Gasteiger partial charge in [0.1, 0.15) is 0 Å². The van der Waals surface area contributed by atoms with Crippen LogP contribution in [0.5, 0.6) is 5.75 Å². The van der Waals surface area contributed by atoms with E-state index in [1.54, 1.807) is 24.5 Å². The van der Waals surface area contributed by atoms with E-state index in [1.807, 2.05) is 0 Å². The lowest BCUT2D eigenvalue weighted by atomic mass is 10.3. The largest absolute Gasteiger partial charge is 0.432 e. The van der Waals surface area contributed by atoms with Crippen LogP contribution in [0.1, 0.15) is 5.56 Å². The van der Waals surface area contributed by atoms with E-state index in [4.69, 9.17) is 0 Å². The molecule has 0 saturated heterocycles. The summed E-state index contributed by atoms with van der Waals surface area (Å²) in [6.45, 7) is -2.87. The molecule has 5 nitrogen and oxygen atoms in total. The maximum absolute atomic E-state index is 13.5. The Bertz CT molecular complexity index is 638. The van der Waals surface area contributed by atoms with Gasteiger partial charge in [-0.3, -0.25) is 4.98 Å². The summed E-state index contributed by atoms with van der Waals surface area (Å²) in [5.74, 6) is -1.58. The van der Waals surface area contributed by atoms with E-state index in [0.717, 1.165) is 17.7 Å². The van der Waals surface area contributed by atoms with Crippen molar-refractivity contribution >= 4 is 11.7 Å². The quantitative estimate of drug-likeness (QED) is 0.891. The molecule has 2 amide bonds. The van der Waals surface area contributed by atoms with Crippen molar-refractivity contribution in [1.29, 1.82) is 0 Å². The van der Waals surface area contributed by atoms with Crippen LogP contribution in [0.15, 0.2) is 42.7 Å². The maximum Gasteiger partial charge on any atom is 0.387 e. The van der Waals surface area contributed by atoms with Crippen molar-refractivity contribution < 1.29 is 22.7 Å². The Morgan fingerprint density at radius 2 is 2.14 bits per heavy atom. The molecule has 0 aliphatic heterocycles. The summed E-state index contributed by atoms with van der Waals surface area (Å²) in [6.07, 6.45) is 3.20. The number of amides is 2. The van der Waals surface area contributed by atoms with E-state index in [0.29, 0.717) is 0 Å². The van der Waals surface area contributed by atoms with Gasteiger partial charge in [0.2, 0.25) is 0 Å². The summed E-state index contributed by atoms with van der Waals surface area (Å²) in [5.41, 5.74) is 0.910. The first kappa shape index (κ1) is 15.6. The van der Waals surface area contributed by atoms with E-state index in [1.165, 1.54) is 6.07 Å². The summed E-state index contributed by atoms with van der Waals surface area (Å²) in [4.78, 5) is 15.5. The van der Waals surface area contributed by atoms with Crippen LogP contribution in [0.2, 0.25) is 0 Å². The number of nitrogens with one attached hydrogen (secondary N) is 2. The standard InChI is InChI=1S/C14H12F3N3O2/c15-11-6-10(3-4-12(11)22-13(16)17)20-14(21)19-8-9-2-1-5-18-7-9/h1-7,13H,8H2,(H2,19,20,21). The molecular weight excluding hydrogens is 299 g/mol. The molecule has 0 spiro atoms. The summed E-state index contributed by atoms with van der Waals surface area (Å²) >= 11 is 0. The molecule has 2 N–H and O–H groups in total. The van der Waals surface area contributed by atoms with Crippen molar-refractivity contribution in [3.8, 4) is 5.75 Å². The van der Waals surface area contributed by atoms with Crippen LogP contribution >= 0.6 is 0 Å². The number of ether oxygens (including phenoxy) is 1. The minimum atomic E-state index is -3.11. The van der Waals surface area contributed by atoms with E-state index < -0.39 is 24.2 Å². The number of halogens is 3. The van der Waals surface area contributed by atoms with Crippen LogP contribution in [0, 0.1) is 5.82 Å². The number of carbonyl (C=O) groups excluding carboxylic acids is 1. The van der Waals surface area contributed by atoms with E-state index >= 15 is 0 Å². The van der Waals surface area contributed by atoms with Gasteiger partial charge in [0.25, 0.3) is 0 Å². The lowest BCUT2D eigenvalue weighted by Crippen LogP contribution is -2.28. The zero-order chi connectivity index (χ0) is 15.9. The SMILES string of the molecule is O=C(NCc1cccnc1)Nc1ccc(OC(F)F)c(F)c1. The number of anilines is 1. The van der Waals surface area contributed by atoms with Gasteiger partial charge in [-0.15, -0.1) is 0 Å². The van der Waals surface area contributed by atoms with Crippen LogP contribution in [0.4, 0.5) is 23.7 Å². The molecule has 22 heavy (non-hydrogen) atoms. The Balaban J connectivity index is 1.90. The normalized spacial score (nSPS) is 10.4. The van der Waals surface area contributed by atoms with Gasteiger partial charge < -0.3 is 15.4 Å². The third kappa shape index (κ3) is 4.65. The molecule has 0 atom stereocenters. The molecule has 116 valence electrons. The molecule has 8 heteroatoms. The summed E-state index contributed by atoms with van der Waals surface area (Å²) in [7, 11) is 0. The number of hydrogen-bond donors (Lipinski definition) is 2. The number of nitrogens with zero attached hydrogens (tertiary/aromatic N) is 1. The van der Waals surface area contributed by atoms with Gasteiger partial charge in [0.05, 0.1) is 0 Å². The van der Waals surface area contributed by atoms with Crippen LogP contribution in [-0.4, -0.2) is 17.6 Å². The molecule has 0 aliphatic rings. The van der Waals surface area contributed by atoms with Crippen molar-refractivity contribution in [2.45, 2.75) is 13.2 Å². The summed E-state index contributed by atoms with van der Waals surface area (Å²) in [6, 6.07) is 6.10. The third-order valence-corrected chi connectivity index (χ3v) is 2.58. The van der Waals surface area contributed by atoms with E-state index in [2.05, 4.69) is 20.4 Å². The van der Waals surface area contributed by atoms with Gasteiger partial charge in [0.15, 0.2) is 11.6 Å². The molecule has 2 rings (SSSR count). The second-order valence-electron chi connectivity index (χ2n) is 4.19. The molecular formula is C14H12F3N3O2. The number of rotatable bonds is 5. The number of pyridine rings is 1. The summed E-state index contributed by atoms with van der Waals surface area (Å²) < 4.78 is 41.4. The van der Waals surface area contributed by atoms with Crippen molar-refractivity contribution in [2.75, 3.05) is 5.32 Å². The minimum Gasteiger partial charge on any atom is -0.432 e. The Labute approximate surface area is 124 Å². The van der Waals surface area contributed by atoms with Gasteiger partial charge in [-0.05, 0) is 23.8 Å². The van der Waals surface area contributed by atoms with Gasteiger partial charge in [-0.2, -0.15) is 8.78 Å². The number of aromatic nitrogens is 1. The van der Waals surface area contributed by atoms with Crippen molar-refractivity contribution in [2.24, 2.45) is 0 Å². The van der Waals surface area contributed by atoms with E-state index in [9.17, 15) is 18.0 Å². The molecule has 0 radical (unpaired) electrons. The highest BCUT2D eigenvalue weighted by Crippen LogP contribution is 2.22. The Hall–Kier alpha value is -2.77. The number of alkyl halides is 2. The highest BCUT2D eigenvalue weighted by molar-refractivity contribution is 5.89. The fraction of sp³-hybridized carbons (Fsp3) is 0.143. The molecule has 0 saturated carbocycles.